The lowest BCUT2D eigenvalue weighted by Crippen LogP contribution is -2.23. The second kappa shape index (κ2) is 6.49. The Morgan fingerprint density at radius 2 is 2.12 bits per heavy atom. The number of ether oxygens (including phenoxy) is 2. The lowest BCUT2D eigenvalue weighted by Gasteiger charge is -2.13. The second-order valence-corrected chi connectivity index (χ2v) is 5.05. The Kier molecular flexibility index (Phi) is 4.24. The number of rotatable bonds is 4. The number of carbonyl (C=O) groups excluding carboxylic acids is 1. The molecule has 0 saturated heterocycles. The molecule has 0 unspecified atom stereocenters. The summed E-state index contributed by atoms with van der Waals surface area (Å²) in [5.74, 6) is 2.03. The van der Waals surface area contributed by atoms with Crippen molar-refractivity contribution in [3.05, 3.63) is 42.7 Å². The molecule has 7 nitrogen and oxygen atoms in total. The van der Waals surface area contributed by atoms with E-state index >= 15 is 0 Å². The smallest absolute Gasteiger partial charge is 0.325 e. The van der Waals surface area contributed by atoms with E-state index in [1.807, 2.05) is 19.1 Å². The molecule has 3 rings (SSSR count). The monoisotopic (exact) mass is 326 g/mol. The highest BCUT2D eigenvalue weighted by Crippen LogP contribution is 2.36. The molecule has 0 atom stereocenters. The third-order valence-electron chi connectivity index (χ3n) is 3.47. The van der Waals surface area contributed by atoms with Crippen molar-refractivity contribution in [2.45, 2.75) is 6.92 Å². The maximum atomic E-state index is 11.9. The van der Waals surface area contributed by atoms with Gasteiger partial charge in [0.05, 0.1) is 12.1 Å². The topological polar surface area (TPSA) is 91.4 Å². The third-order valence-corrected chi connectivity index (χ3v) is 3.47. The van der Waals surface area contributed by atoms with Crippen molar-refractivity contribution in [2.75, 3.05) is 19.4 Å². The number of fused-ring (bicyclic) bond motifs is 1. The predicted octanol–water partition coefficient (Wildman–Crippen LogP) is 3.00. The van der Waals surface area contributed by atoms with Crippen LogP contribution in [0.1, 0.15) is 6.92 Å². The van der Waals surface area contributed by atoms with Crippen LogP contribution in [-0.4, -0.2) is 29.2 Å². The summed E-state index contributed by atoms with van der Waals surface area (Å²) in [6.07, 6.45) is 3.28. The van der Waals surface area contributed by atoms with E-state index in [0.717, 1.165) is 10.9 Å². The molecule has 1 amide bonds. The average Bonchev–Trinajstić information content (AvgIpc) is 2.97. The molecule has 0 aliphatic carbocycles. The molecule has 1 aromatic carbocycles. The molecule has 2 heterocycles. The number of benzene rings is 1. The van der Waals surface area contributed by atoms with Crippen LogP contribution in [0.3, 0.4) is 0 Å². The predicted molar refractivity (Wildman–Crippen MR) is 91.7 cm³/mol. The van der Waals surface area contributed by atoms with Crippen LogP contribution in [0.5, 0.6) is 17.2 Å². The fraction of sp³-hybridized carbons (Fsp3) is 0.176. The number of hydrogen-bond acceptors (Lipinski definition) is 5. The Hall–Kier alpha value is -3.22. The van der Waals surface area contributed by atoms with Crippen LogP contribution in [0.25, 0.3) is 10.9 Å². The van der Waals surface area contributed by atoms with Gasteiger partial charge in [-0.3, -0.25) is 4.57 Å². The third kappa shape index (κ3) is 2.96. The van der Waals surface area contributed by atoms with E-state index in [9.17, 15) is 4.79 Å². The molecule has 0 aliphatic rings. The number of aromatic nitrogens is 2. The molecule has 124 valence electrons. The maximum absolute atomic E-state index is 11.9. The molecular formula is C17H18N4O3. The number of nitrogens with zero attached hydrogens (tertiary/aromatic N) is 2. The van der Waals surface area contributed by atoms with E-state index in [0.29, 0.717) is 29.7 Å². The van der Waals surface area contributed by atoms with Crippen molar-refractivity contribution in [1.82, 2.24) is 14.9 Å². The number of carbonyl (C=O) groups is 1. The van der Waals surface area contributed by atoms with Gasteiger partial charge in [0.15, 0.2) is 11.5 Å². The second-order valence-electron chi connectivity index (χ2n) is 5.05. The van der Waals surface area contributed by atoms with Crippen molar-refractivity contribution in [3.63, 3.8) is 0 Å². The van der Waals surface area contributed by atoms with Crippen LogP contribution in [-0.2, 0) is 0 Å². The van der Waals surface area contributed by atoms with Crippen LogP contribution in [0.15, 0.2) is 42.7 Å². The number of nitrogen functional groups attached to an aromatic ring is 1. The molecule has 3 aromatic rings. The lowest BCUT2D eigenvalue weighted by molar-refractivity contribution is 0.245. The van der Waals surface area contributed by atoms with Crippen LogP contribution in [0.2, 0.25) is 0 Å². The van der Waals surface area contributed by atoms with Gasteiger partial charge < -0.3 is 20.5 Å². The van der Waals surface area contributed by atoms with Gasteiger partial charge in [-0.2, -0.15) is 0 Å². The molecule has 0 saturated carbocycles. The summed E-state index contributed by atoms with van der Waals surface area (Å²) in [6.45, 7) is 2.36. The summed E-state index contributed by atoms with van der Waals surface area (Å²) in [4.78, 5) is 15.9. The average molecular weight is 326 g/mol. The number of hydrogen-bond donors (Lipinski definition) is 2. The fourth-order valence-electron chi connectivity index (χ4n) is 2.41. The zero-order chi connectivity index (χ0) is 17.1. The summed E-state index contributed by atoms with van der Waals surface area (Å²) in [6, 6.07) is 8.59. The molecule has 0 bridgehead atoms. The van der Waals surface area contributed by atoms with Crippen LogP contribution >= 0.6 is 0 Å². The number of amides is 1. The zero-order valence-corrected chi connectivity index (χ0v) is 13.4. The molecule has 3 N–H and O–H groups in total. The van der Waals surface area contributed by atoms with Gasteiger partial charge in [-0.15, -0.1) is 0 Å². The van der Waals surface area contributed by atoms with Gasteiger partial charge in [0.2, 0.25) is 0 Å². The van der Waals surface area contributed by atoms with Crippen molar-refractivity contribution in [3.8, 4) is 17.2 Å². The van der Waals surface area contributed by atoms with Gasteiger partial charge in [0.1, 0.15) is 11.6 Å². The van der Waals surface area contributed by atoms with E-state index in [-0.39, 0.29) is 6.03 Å². The Labute approximate surface area is 139 Å². The van der Waals surface area contributed by atoms with Crippen LogP contribution < -0.4 is 20.5 Å². The minimum Gasteiger partial charge on any atom is -0.490 e. The molecule has 24 heavy (non-hydrogen) atoms. The first-order valence-corrected chi connectivity index (χ1v) is 7.51. The minimum absolute atomic E-state index is 0.219. The Bertz CT molecular complexity index is 889. The Morgan fingerprint density at radius 3 is 2.83 bits per heavy atom. The van der Waals surface area contributed by atoms with E-state index in [1.54, 1.807) is 37.6 Å². The zero-order valence-electron chi connectivity index (χ0n) is 13.4. The Balaban J connectivity index is 2.06. The number of nitrogens with two attached hydrogens (primary N) is 1. The minimum atomic E-state index is -0.219. The number of pyridine rings is 1. The van der Waals surface area contributed by atoms with Gasteiger partial charge in [0, 0.05) is 37.0 Å². The number of anilines is 1. The quantitative estimate of drug-likeness (QED) is 0.769. The standard InChI is InChI=1S/C17H18N4O3/c1-3-23-14-10-13-11(5-7-21(13)17(22)19-2)8-15(14)24-12-4-6-20-16(18)9-12/h4-10H,3H2,1-2H3,(H2,18,20)(H,19,22). The summed E-state index contributed by atoms with van der Waals surface area (Å²) in [7, 11) is 1.59. The highest BCUT2D eigenvalue weighted by Gasteiger charge is 2.14. The summed E-state index contributed by atoms with van der Waals surface area (Å²) in [5, 5.41) is 3.46. The summed E-state index contributed by atoms with van der Waals surface area (Å²) < 4.78 is 13.1. The highest BCUT2D eigenvalue weighted by atomic mass is 16.5. The van der Waals surface area contributed by atoms with Gasteiger partial charge in [-0.1, -0.05) is 0 Å². The highest BCUT2D eigenvalue weighted by molar-refractivity contribution is 5.93. The van der Waals surface area contributed by atoms with Gasteiger partial charge in [0.25, 0.3) is 0 Å². The summed E-state index contributed by atoms with van der Waals surface area (Å²) >= 11 is 0. The molecule has 0 radical (unpaired) electrons. The van der Waals surface area contributed by atoms with Crippen molar-refractivity contribution < 1.29 is 14.3 Å². The van der Waals surface area contributed by atoms with Gasteiger partial charge in [-0.05, 0) is 25.1 Å². The first-order valence-electron chi connectivity index (χ1n) is 7.51. The van der Waals surface area contributed by atoms with Crippen LogP contribution in [0.4, 0.5) is 10.6 Å². The van der Waals surface area contributed by atoms with Gasteiger partial charge in [-0.25, -0.2) is 9.78 Å². The van der Waals surface area contributed by atoms with Gasteiger partial charge >= 0.3 is 6.03 Å². The van der Waals surface area contributed by atoms with Crippen molar-refractivity contribution in [1.29, 1.82) is 0 Å². The van der Waals surface area contributed by atoms with E-state index in [2.05, 4.69) is 10.3 Å². The fourth-order valence-corrected chi connectivity index (χ4v) is 2.41. The first kappa shape index (κ1) is 15.7. The van der Waals surface area contributed by atoms with E-state index < -0.39 is 0 Å². The molecule has 0 aliphatic heterocycles. The van der Waals surface area contributed by atoms with Crippen molar-refractivity contribution in [2.24, 2.45) is 0 Å². The maximum Gasteiger partial charge on any atom is 0.325 e. The molecule has 2 aromatic heterocycles. The van der Waals surface area contributed by atoms with Crippen molar-refractivity contribution >= 4 is 22.8 Å². The summed E-state index contributed by atoms with van der Waals surface area (Å²) in [5.41, 5.74) is 6.42. The first-order chi connectivity index (χ1) is 11.6. The molecular weight excluding hydrogens is 308 g/mol. The van der Waals surface area contributed by atoms with Crippen LogP contribution in [0, 0.1) is 0 Å². The number of nitrogens with one attached hydrogen (secondary N) is 1. The van der Waals surface area contributed by atoms with E-state index in [4.69, 9.17) is 15.2 Å². The largest absolute Gasteiger partial charge is 0.490 e. The SMILES string of the molecule is CCOc1cc2c(ccn2C(=O)NC)cc1Oc1ccnc(N)c1. The Morgan fingerprint density at radius 1 is 1.29 bits per heavy atom. The van der Waals surface area contributed by atoms with E-state index in [1.165, 1.54) is 4.57 Å². The normalized spacial score (nSPS) is 10.6. The molecule has 0 spiro atoms. The lowest BCUT2D eigenvalue weighted by atomic mass is 10.2. The molecule has 0 fully saturated rings. The molecule has 7 heteroatoms.